The number of nitrogens with one attached hydrogen (secondary N) is 2. The molecule has 0 radical (unpaired) electrons. The average Bonchev–Trinajstić information content (AvgIpc) is 2.84. The van der Waals surface area contributed by atoms with E-state index in [1.165, 1.54) is 35.3 Å². The number of methoxy groups -OCH3 is 1. The first-order valence-electron chi connectivity index (χ1n) is 6.96. The monoisotopic (exact) mass is 344 g/mol. The van der Waals surface area contributed by atoms with Crippen LogP contribution in [0, 0.1) is 0 Å². The number of ether oxygens (including phenoxy) is 1. The topological polar surface area (TPSA) is 110 Å². The Morgan fingerprint density at radius 3 is 2.61 bits per heavy atom. The van der Waals surface area contributed by atoms with Crippen molar-refractivity contribution in [1.29, 1.82) is 0 Å². The van der Waals surface area contributed by atoms with Crippen LogP contribution in [0.2, 0.25) is 0 Å². The Kier molecular flexibility index (Phi) is 5.07. The molecule has 1 aromatic heterocycles. The summed E-state index contributed by atoms with van der Waals surface area (Å²) in [4.78, 5) is 23.1. The van der Waals surface area contributed by atoms with E-state index in [-0.39, 0.29) is 48.1 Å². The number of carbonyl (C=O) groups excluding carboxylic acids is 2. The predicted octanol–water partition coefficient (Wildman–Crippen LogP) is -1.48. The zero-order valence-electron chi connectivity index (χ0n) is 13.2. The Hall–Kier alpha value is -1.91. The third-order valence-electron chi connectivity index (χ3n) is 3.57. The summed E-state index contributed by atoms with van der Waals surface area (Å²) < 4.78 is 32.4. The minimum absolute atomic E-state index is 0.0558. The van der Waals surface area contributed by atoms with Gasteiger partial charge in [-0.1, -0.05) is 0 Å². The van der Waals surface area contributed by atoms with Gasteiger partial charge in [0.15, 0.2) is 0 Å². The van der Waals surface area contributed by atoms with Crippen molar-refractivity contribution in [3.63, 3.8) is 0 Å². The molecule has 1 aliphatic heterocycles. The Balaban J connectivity index is 2.04. The lowest BCUT2D eigenvalue weighted by Crippen LogP contribution is -2.61. The van der Waals surface area contributed by atoms with Crippen molar-refractivity contribution in [3.05, 3.63) is 18.0 Å². The maximum Gasteiger partial charge on any atom is 0.267 e. The number of hydrogen-bond donors (Lipinski definition) is 2. The van der Waals surface area contributed by atoms with Crippen LogP contribution in [0.15, 0.2) is 17.2 Å². The third kappa shape index (κ3) is 3.54. The van der Waals surface area contributed by atoms with E-state index in [0.717, 1.165) is 0 Å². The molecule has 9 nitrogen and oxygen atoms in total. The van der Waals surface area contributed by atoms with E-state index in [1.54, 1.807) is 7.05 Å². The molecular formula is C13H20N4O5S. The molecule has 23 heavy (non-hydrogen) atoms. The van der Waals surface area contributed by atoms with Gasteiger partial charge in [0.2, 0.25) is 15.9 Å². The lowest BCUT2D eigenvalue weighted by Gasteiger charge is -2.38. The molecule has 0 unspecified atom stereocenters. The van der Waals surface area contributed by atoms with E-state index >= 15 is 0 Å². The second-order valence-electron chi connectivity index (χ2n) is 5.27. The maximum atomic E-state index is 12.5. The van der Waals surface area contributed by atoms with Gasteiger partial charge >= 0.3 is 0 Å². The second kappa shape index (κ2) is 6.69. The van der Waals surface area contributed by atoms with Gasteiger partial charge in [0.25, 0.3) is 5.91 Å². The average molecular weight is 344 g/mol. The van der Waals surface area contributed by atoms with Crippen molar-refractivity contribution >= 4 is 21.8 Å². The molecule has 2 rings (SSSR count). The van der Waals surface area contributed by atoms with E-state index < -0.39 is 10.0 Å². The first-order chi connectivity index (χ1) is 10.8. The van der Waals surface area contributed by atoms with Crippen molar-refractivity contribution < 1.29 is 22.7 Å². The summed E-state index contributed by atoms with van der Waals surface area (Å²) in [7, 11) is 0.820. The number of sulfonamides is 1. The Bertz CT molecular complexity index is 706. The molecule has 2 amide bonds. The summed E-state index contributed by atoms with van der Waals surface area (Å²) in [6.07, 6.45) is 1.40. The Labute approximate surface area is 134 Å². The van der Waals surface area contributed by atoms with Gasteiger partial charge in [0.1, 0.15) is 17.2 Å². The van der Waals surface area contributed by atoms with Crippen LogP contribution in [0.25, 0.3) is 0 Å². The van der Waals surface area contributed by atoms with Crippen LogP contribution < -0.4 is 10.6 Å². The number of aryl methyl sites for hydroxylation is 1. The highest BCUT2D eigenvalue weighted by atomic mass is 32.2. The quantitative estimate of drug-likeness (QED) is 0.654. The number of carbonyl (C=O) groups is 2. The molecule has 0 bridgehead atoms. The zero-order chi connectivity index (χ0) is 17.2. The molecule has 0 aliphatic carbocycles. The van der Waals surface area contributed by atoms with Crippen molar-refractivity contribution in [1.82, 2.24) is 19.5 Å². The van der Waals surface area contributed by atoms with E-state index in [4.69, 9.17) is 4.74 Å². The molecule has 128 valence electrons. The Morgan fingerprint density at radius 2 is 2.04 bits per heavy atom. The van der Waals surface area contributed by atoms with Gasteiger partial charge in [0, 0.05) is 40.5 Å². The SMILES string of the molecule is CNC(=O)c1cc(S(=O)(=O)N2CC(NC(=O)COC)C2)cn1C. The van der Waals surface area contributed by atoms with Crippen molar-refractivity contribution in [3.8, 4) is 0 Å². The number of aromatic nitrogens is 1. The van der Waals surface area contributed by atoms with Crippen molar-refractivity contribution in [2.45, 2.75) is 10.9 Å². The van der Waals surface area contributed by atoms with Gasteiger partial charge < -0.3 is 19.9 Å². The summed E-state index contributed by atoms with van der Waals surface area (Å²) in [6, 6.07) is 1.11. The van der Waals surface area contributed by atoms with Crippen LogP contribution in [0.5, 0.6) is 0 Å². The van der Waals surface area contributed by atoms with Crippen LogP contribution in [0.4, 0.5) is 0 Å². The molecule has 1 fully saturated rings. The molecule has 1 aromatic rings. The lowest BCUT2D eigenvalue weighted by molar-refractivity contribution is -0.126. The fourth-order valence-electron chi connectivity index (χ4n) is 2.30. The number of nitrogens with zero attached hydrogens (tertiary/aromatic N) is 2. The van der Waals surface area contributed by atoms with Crippen LogP contribution >= 0.6 is 0 Å². The zero-order valence-corrected chi connectivity index (χ0v) is 14.0. The van der Waals surface area contributed by atoms with Crippen LogP contribution in [-0.2, 0) is 26.6 Å². The molecule has 0 atom stereocenters. The highest BCUT2D eigenvalue weighted by Crippen LogP contribution is 2.23. The highest BCUT2D eigenvalue weighted by Gasteiger charge is 2.38. The summed E-state index contributed by atoms with van der Waals surface area (Å²) in [6.45, 7) is 0.335. The first kappa shape index (κ1) is 17.4. The normalized spacial score (nSPS) is 16.0. The van der Waals surface area contributed by atoms with Gasteiger partial charge in [-0.3, -0.25) is 9.59 Å². The molecule has 1 aliphatic rings. The predicted molar refractivity (Wildman–Crippen MR) is 81.4 cm³/mol. The fourth-order valence-corrected chi connectivity index (χ4v) is 3.91. The van der Waals surface area contributed by atoms with E-state index in [0.29, 0.717) is 0 Å². The minimum atomic E-state index is -3.68. The van der Waals surface area contributed by atoms with Gasteiger partial charge in [0.05, 0.1) is 6.04 Å². The summed E-state index contributed by atoms with van der Waals surface area (Å²) in [5, 5.41) is 5.13. The molecule has 2 heterocycles. The van der Waals surface area contributed by atoms with Gasteiger partial charge in [-0.05, 0) is 6.07 Å². The summed E-state index contributed by atoms with van der Waals surface area (Å²) >= 11 is 0. The molecule has 0 spiro atoms. The molecule has 2 N–H and O–H groups in total. The molecular weight excluding hydrogens is 324 g/mol. The van der Waals surface area contributed by atoms with Gasteiger partial charge in [-0.2, -0.15) is 4.31 Å². The minimum Gasteiger partial charge on any atom is -0.375 e. The number of rotatable bonds is 6. The maximum absolute atomic E-state index is 12.5. The first-order valence-corrected chi connectivity index (χ1v) is 8.40. The summed E-state index contributed by atoms with van der Waals surface area (Å²) in [5.74, 6) is -0.640. The molecule has 0 aromatic carbocycles. The lowest BCUT2D eigenvalue weighted by atomic mass is 10.2. The van der Waals surface area contributed by atoms with Crippen molar-refractivity contribution in [2.75, 3.05) is 33.9 Å². The van der Waals surface area contributed by atoms with Gasteiger partial charge in [-0.15, -0.1) is 0 Å². The Morgan fingerprint density at radius 1 is 1.39 bits per heavy atom. The standard InChI is InChI=1S/C13H20N4O5S/c1-14-13(19)11-4-10(7-16(11)2)23(20,21)17-5-9(6-17)15-12(18)8-22-3/h4,7,9H,5-6,8H2,1-3H3,(H,14,19)(H,15,18). The molecule has 1 saturated heterocycles. The van der Waals surface area contributed by atoms with Gasteiger partial charge in [-0.25, -0.2) is 8.42 Å². The van der Waals surface area contributed by atoms with E-state index in [2.05, 4.69) is 10.6 Å². The van der Waals surface area contributed by atoms with E-state index in [9.17, 15) is 18.0 Å². The second-order valence-corrected chi connectivity index (χ2v) is 7.21. The van der Waals surface area contributed by atoms with Crippen LogP contribution in [0.3, 0.4) is 0 Å². The number of hydrogen-bond acceptors (Lipinski definition) is 5. The van der Waals surface area contributed by atoms with E-state index in [1.807, 2.05) is 0 Å². The molecule has 10 heteroatoms. The van der Waals surface area contributed by atoms with Crippen LogP contribution in [-0.4, -0.2) is 69.0 Å². The largest absolute Gasteiger partial charge is 0.375 e. The summed E-state index contributed by atoms with van der Waals surface area (Å²) in [5.41, 5.74) is 0.261. The fraction of sp³-hybridized carbons (Fsp3) is 0.538. The number of amides is 2. The highest BCUT2D eigenvalue weighted by molar-refractivity contribution is 7.89. The van der Waals surface area contributed by atoms with Crippen LogP contribution in [0.1, 0.15) is 10.5 Å². The third-order valence-corrected chi connectivity index (χ3v) is 5.36. The molecule has 0 saturated carbocycles. The van der Waals surface area contributed by atoms with Crippen molar-refractivity contribution in [2.24, 2.45) is 7.05 Å². The smallest absolute Gasteiger partial charge is 0.267 e.